The molecule has 0 aromatic heterocycles. The summed E-state index contributed by atoms with van der Waals surface area (Å²) in [5.41, 5.74) is 15.5. The van der Waals surface area contributed by atoms with E-state index in [0.717, 1.165) is 220 Å². The van der Waals surface area contributed by atoms with Crippen LogP contribution < -0.4 is 71.3 Å². The van der Waals surface area contributed by atoms with Crippen LogP contribution in [0.1, 0.15) is 144 Å². The number of nitrogens with one attached hydrogen (secondary N) is 4. The molecule has 0 saturated carbocycles. The molecule has 0 unspecified atom stereocenters. The first-order chi connectivity index (χ1) is 61.2. The molecule has 712 valence electrons. The summed E-state index contributed by atoms with van der Waals surface area (Å²) in [7, 11) is 6.70. The molecular formula is C94H141Br2ClFN13O15S2. The number of alkyl halides is 2. The number of piperazine rings is 4. The van der Waals surface area contributed by atoms with E-state index < -0.39 is 23.3 Å². The van der Waals surface area contributed by atoms with Crippen LogP contribution in [0.3, 0.4) is 0 Å². The average molecular weight is 1970 g/mol. The van der Waals surface area contributed by atoms with Crippen molar-refractivity contribution in [2.24, 2.45) is 5.73 Å². The Labute approximate surface area is 791 Å². The van der Waals surface area contributed by atoms with Crippen LogP contribution in [0.15, 0.2) is 155 Å². The first kappa shape index (κ1) is 113. The molecule has 6 amide bonds. The largest absolute Gasteiger partial charge is 0.497 e. The molecule has 10 rings (SSSR count). The number of thiol groups is 2. The molecule has 0 radical (unpaired) electrons. The second-order valence-electron chi connectivity index (χ2n) is 32.0. The Balaban J connectivity index is 0.000000395. The number of alkyl carbamates (subject to hydrolysis) is 2. The molecule has 4 aliphatic rings. The monoisotopic (exact) mass is 1970 g/mol. The number of unbranched alkanes of at least 4 members (excludes halogenated alkanes) is 8. The van der Waals surface area contributed by atoms with E-state index in [-0.39, 0.29) is 52.5 Å². The summed E-state index contributed by atoms with van der Waals surface area (Å²) in [6, 6.07) is 45.8. The van der Waals surface area contributed by atoms with Gasteiger partial charge in [-0.1, -0.05) is 57.5 Å². The van der Waals surface area contributed by atoms with Crippen molar-refractivity contribution in [2.75, 3.05) is 195 Å². The number of hydrogen-bond acceptors (Lipinski definition) is 23. The maximum atomic E-state index is 12.4. The van der Waals surface area contributed by atoms with Crippen molar-refractivity contribution in [1.29, 1.82) is 0 Å². The van der Waals surface area contributed by atoms with Crippen LogP contribution in [-0.2, 0) is 38.2 Å². The molecule has 4 heterocycles. The van der Waals surface area contributed by atoms with Crippen molar-refractivity contribution < 1.29 is 76.3 Å². The molecule has 28 nitrogen and oxygen atoms in total. The number of rotatable bonds is 33. The van der Waals surface area contributed by atoms with Crippen LogP contribution in [0.4, 0.5) is 42.4 Å². The maximum Gasteiger partial charge on any atom is 0.407 e. The number of methoxy groups -OCH3 is 4. The van der Waals surface area contributed by atoms with Gasteiger partial charge < -0.3 is 101 Å². The van der Waals surface area contributed by atoms with Crippen molar-refractivity contribution in [2.45, 2.75) is 165 Å². The Kier molecular flexibility index (Phi) is 58.5. The fraction of sp³-hybridized carbons (Fsp3) is 0.532. The number of anilines is 5. The van der Waals surface area contributed by atoms with Gasteiger partial charge in [-0.2, -0.15) is 0 Å². The molecule has 4 saturated heterocycles. The highest BCUT2D eigenvalue weighted by Crippen LogP contribution is 2.26. The van der Waals surface area contributed by atoms with Crippen LogP contribution in [0.25, 0.3) is 0 Å². The lowest BCUT2D eigenvalue weighted by molar-refractivity contribution is -0.137. The van der Waals surface area contributed by atoms with Gasteiger partial charge in [-0.05, 0) is 257 Å². The first-order valence-electron chi connectivity index (χ1n) is 43.7. The van der Waals surface area contributed by atoms with Gasteiger partial charge >= 0.3 is 18.2 Å². The number of carboxylic acid groups (broad SMARTS) is 1. The zero-order valence-corrected chi connectivity index (χ0v) is 82.3. The van der Waals surface area contributed by atoms with Crippen LogP contribution in [0.5, 0.6) is 23.0 Å². The quantitative estimate of drug-likeness (QED) is 0.00607. The Morgan fingerprint density at radius 3 is 0.953 bits per heavy atom. The molecule has 0 atom stereocenters. The number of nitrogens with zero attached hydrogens (tertiary/aromatic N) is 7. The Bertz CT molecular complexity index is 3960. The minimum atomic E-state index is -0.778. The highest BCUT2D eigenvalue weighted by molar-refractivity contribution is 9.09. The smallest absolute Gasteiger partial charge is 0.407 e. The zero-order chi connectivity index (χ0) is 94.5. The summed E-state index contributed by atoms with van der Waals surface area (Å²) in [6.07, 6.45) is 11.8. The normalized spacial score (nSPS) is 13.4. The summed E-state index contributed by atoms with van der Waals surface area (Å²) in [6.45, 7) is 27.6. The van der Waals surface area contributed by atoms with Gasteiger partial charge in [0.15, 0.2) is 0 Å². The van der Waals surface area contributed by atoms with E-state index in [1.54, 1.807) is 61.3 Å². The lowest BCUT2D eigenvalue weighted by Crippen LogP contribution is -2.48. The van der Waals surface area contributed by atoms with E-state index >= 15 is 0 Å². The molecule has 0 spiro atoms. The Morgan fingerprint density at radius 2 is 0.695 bits per heavy atom. The van der Waals surface area contributed by atoms with Crippen LogP contribution in [0.2, 0.25) is 0 Å². The Morgan fingerprint density at radius 1 is 0.414 bits per heavy atom. The SMILES string of the molecule is CC(C)(C)OC(=O)NCCCCCC(=O)O.COc1ccc(N2CCN(C(=O)CCCCCN)CC2)cc1.COc1ccc(N2CCN(C(=O)CCCCCNC(=O)CBr)CC2)cc1.COc1ccc(N2CCN(C(=O)CCCCCNC(=O)OC(C)(C)C)CC2)cc1.COc1ccc(N2CCNCC2)cc1.Fc1ccc(S)cc1.Nc1ccc(S)cc1.O=C(Cl)CBr. The second-order valence-corrected chi connectivity index (χ2v) is 34.5. The molecule has 0 aliphatic carbocycles. The highest BCUT2D eigenvalue weighted by atomic mass is 79.9. The van der Waals surface area contributed by atoms with E-state index in [2.05, 4.69) is 147 Å². The number of carbonyl (C=O) groups excluding carboxylic acids is 7. The predicted molar refractivity (Wildman–Crippen MR) is 526 cm³/mol. The third-order valence-corrected chi connectivity index (χ3v) is 21.7. The lowest BCUT2D eigenvalue weighted by Gasteiger charge is -2.36. The molecule has 0 bridgehead atoms. The highest BCUT2D eigenvalue weighted by Gasteiger charge is 2.25. The summed E-state index contributed by atoms with van der Waals surface area (Å²) in [4.78, 5) is 107. The Hall–Kier alpha value is -9.12. The van der Waals surface area contributed by atoms with Gasteiger partial charge in [0.25, 0.3) is 0 Å². The number of ether oxygens (including phenoxy) is 6. The van der Waals surface area contributed by atoms with Gasteiger partial charge in [0.1, 0.15) is 40.0 Å². The number of nitrogen functional groups attached to an aromatic ring is 1. The van der Waals surface area contributed by atoms with Crippen molar-refractivity contribution in [1.82, 2.24) is 36.0 Å². The second kappa shape index (κ2) is 66.3. The number of benzene rings is 6. The number of amides is 6. The molecule has 9 N–H and O–H groups in total. The zero-order valence-electron chi connectivity index (χ0n) is 76.6. The number of halogens is 4. The van der Waals surface area contributed by atoms with Crippen molar-refractivity contribution in [3.8, 4) is 23.0 Å². The maximum absolute atomic E-state index is 12.4. The van der Waals surface area contributed by atoms with Crippen LogP contribution >= 0.6 is 68.7 Å². The average Bonchev–Trinajstić information content (AvgIpc) is 0.839. The summed E-state index contributed by atoms with van der Waals surface area (Å²) in [5, 5.41) is 20.2. The molecule has 6 aromatic carbocycles. The minimum Gasteiger partial charge on any atom is -0.497 e. The predicted octanol–water partition coefficient (Wildman–Crippen LogP) is 15.8. The van der Waals surface area contributed by atoms with Gasteiger partial charge in [0, 0.05) is 188 Å². The van der Waals surface area contributed by atoms with Crippen LogP contribution in [-0.4, -0.2) is 248 Å². The van der Waals surface area contributed by atoms with Crippen molar-refractivity contribution >= 4 is 144 Å². The first-order valence-corrected chi connectivity index (χ1v) is 47.3. The van der Waals surface area contributed by atoms with Gasteiger partial charge in [0.2, 0.25) is 28.9 Å². The van der Waals surface area contributed by atoms with Crippen molar-refractivity contribution in [3.05, 3.63) is 151 Å². The number of carboxylic acids is 1. The van der Waals surface area contributed by atoms with E-state index in [1.807, 2.05) is 108 Å². The third kappa shape index (κ3) is 53.1. The molecule has 6 aromatic rings. The fourth-order valence-corrected chi connectivity index (χ4v) is 13.2. The summed E-state index contributed by atoms with van der Waals surface area (Å²) in [5.74, 6) is 3.26. The van der Waals surface area contributed by atoms with Gasteiger partial charge in [-0.15, -0.1) is 25.3 Å². The fourth-order valence-electron chi connectivity index (χ4n) is 12.7. The van der Waals surface area contributed by atoms with Gasteiger partial charge in [0.05, 0.1) is 39.1 Å². The van der Waals surface area contributed by atoms with E-state index in [1.165, 1.54) is 29.2 Å². The number of carbonyl (C=O) groups is 8. The molecule has 34 heteroatoms. The number of nitrogens with two attached hydrogens (primary N) is 2. The molecule has 4 fully saturated rings. The number of hydrogen-bond donors (Lipinski definition) is 9. The molecular weight excluding hydrogens is 1830 g/mol. The molecule has 4 aliphatic heterocycles. The van der Waals surface area contributed by atoms with Crippen molar-refractivity contribution in [3.63, 3.8) is 0 Å². The van der Waals surface area contributed by atoms with Crippen LogP contribution in [0, 0.1) is 5.82 Å². The molecule has 128 heavy (non-hydrogen) atoms. The summed E-state index contributed by atoms with van der Waals surface area (Å²) >= 11 is 18.8. The van der Waals surface area contributed by atoms with E-state index in [9.17, 15) is 42.7 Å². The summed E-state index contributed by atoms with van der Waals surface area (Å²) < 4.78 is 43.0. The standard InChI is InChI=1S/C22H35N3O4.C19H28BrN3O3.C17H27N3O2.C11H16N2O.C11H21NO4.C6H5FS.C6H7NS.C2H2BrClO/c1-22(2,3)29-21(27)23-13-7-5-6-8-20(26)25-16-14-24(15-17-25)18-9-11-19(28-4)12-10-18;1-26-17-8-6-16(7-9-17)22-11-13-23(14-12-22)19(25)5-3-2-4-10-21-18(24)15-20;1-22-16-8-6-15(7-9-16)19-11-13-20(14-12-19)17(21)5-3-2-4-10-18;1-14-11-4-2-10(3-5-11)13-8-6-12-7-9-13;1-11(2,3)16-10(15)12-8-6-4-5-7-9(13)14;2*7-5-1-3-6(8)4-2-5;3-1-2(4)5/h9-12H,5-8,13-17H2,1-4H3,(H,23,27);6-9H,2-5,10-15H2,1H3,(H,21,24);6-9H,2-5,10-14,18H2,1H3;2-5,12H,6-9H2,1H3;4-8H2,1-3H3,(H,12,15)(H,13,14);1-4,8H;1-4,8H,7H2;1H2. The van der Waals surface area contributed by atoms with Gasteiger partial charge in [-0.3, -0.25) is 28.8 Å². The lowest BCUT2D eigenvalue weighted by atomic mass is 10.1. The number of aliphatic carboxylic acids is 1. The van der Waals surface area contributed by atoms with Gasteiger partial charge in [-0.25, -0.2) is 14.0 Å². The topological polar surface area (TPSA) is 335 Å². The van der Waals surface area contributed by atoms with E-state index in [4.69, 9.17) is 56.6 Å². The van der Waals surface area contributed by atoms with E-state index in [0.29, 0.717) is 57.2 Å². The minimum absolute atomic E-state index is 0.0100. The third-order valence-electron chi connectivity index (χ3n) is 19.7.